The van der Waals surface area contributed by atoms with Gasteiger partial charge in [-0.1, -0.05) is 0 Å². The standard InChI is InChI=1S/C19H23N9/c1-26(2)16-6-4-15(5-7-16)23-17-14-22-25-19(24-17)28-12-10-27(11-13-28)18-20-8-3-9-21-18/h3-9,14H,10-13H2,1-2H3,(H,23,24,25). The molecule has 4 rings (SSSR count). The molecule has 1 fully saturated rings. The molecule has 3 aromatic rings. The minimum absolute atomic E-state index is 0.628. The Bertz CT molecular complexity index is 891. The largest absolute Gasteiger partial charge is 0.378 e. The molecule has 2 aromatic heterocycles. The number of nitrogens with zero attached hydrogens (tertiary/aromatic N) is 8. The maximum absolute atomic E-state index is 4.63. The van der Waals surface area contributed by atoms with E-state index in [1.54, 1.807) is 18.6 Å². The number of hydrogen-bond donors (Lipinski definition) is 1. The highest BCUT2D eigenvalue weighted by Crippen LogP contribution is 2.20. The molecule has 9 heteroatoms. The topological polar surface area (TPSA) is 86.2 Å². The third kappa shape index (κ3) is 4.08. The highest BCUT2D eigenvalue weighted by molar-refractivity contribution is 5.60. The van der Waals surface area contributed by atoms with E-state index in [1.165, 1.54) is 0 Å². The van der Waals surface area contributed by atoms with Crippen molar-refractivity contribution in [3.8, 4) is 0 Å². The average molecular weight is 377 g/mol. The second-order valence-electron chi connectivity index (χ2n) is 6.73. The number of nitrogens with one attached hydrogen (secondary N) is 1. The molecule has 1 saturated heterocycles. The fraction of sp³-hybridized carbons (Fsp3) is 0.316. The molecule has 144 valence electrons. The molecule has 0 saturated carbocycles. The summed E-state index contributed by atoms with van der Waals surface area (Å²) in [6, 6.07) is 9.99. The molecule has 0 radical (unpaired) electrons. The van der Waals surface area contributed by atoms with Crippen LogP contribution < -0.4 is 20.0 Å². The lowest BCUT2D eigenvalue weighted by molar-refractivity contribution is 0.624. The molecule has 0 unspecified atom stereocenters. The summed E-state index contributed by atoms with van der Waals surface area (Å²) in [7, 11) is 4.04. The quantitative estimate of drug-likeness (QED) is 0.715. The molecule has 1 N–H and O–H groups in total. The molecule has 9 nitrogen and oxygen atoms in total. The monoisotopic (exact) mass is 377 g/mol. The van der Waals surface area contributed by atoms with Crippen LogP contribution in [0.1, 0.15) is 0 Å². The summed E-state index contributed by atoms with van der Waals surface area (Å²) in [4.78, 5) is 19.6. The van der Waals surface area contributed by atoms with E-state index in [9.17, 15) is 0 Å². The summed E-state index contributed by atoms with van der Waals surface area (Å²) in [5.41, 5.74) is 2.11. The van der Waals surface area contributed by atoms with E-state index in [4.69, 9.17) is 0 Å². The van der Waals surface area contributed by atoms with E-state index in [0.29, 0.717) is 11.8 Å². The zero-order chi connectivity index (χ0) is 19.3. The SMILES string of the molecule is CN(C)c1ccc(Nc2cnnc(N3CCN(c4ncccn4)CC3)n2)cc1. The van der Waals surface area contributed by atoms with Gasteiger partial charge in [-0.15, -0.1) is 5.10 Å². The Hall–Kier alpha value is -3.49. The van der Waals surface area contributed by atoms with Crippen molar-refractivity contribution in [2.24, 2.45) is 0 Å². The van der Waals surface area contributed by atoms with Gasteiger partial charge in [0.15, 0.2) is 5.82 Å². The minimum atomic E-state index is 0.628. The van der Waals surface area contributed by atoms with E-state index in [2.05, 4.69) is 57.3 Å². The summed E-state index contributed by atoms with van der Waals surface area (Å²) in [6.07, 6.45) is 5.17. The maximum Gasteiger partial charge on any atom is 0.247 e. The summed E-state index contributed by atoms with van der Waals surface area (Å²) < 4.78 is 0. The van der Waals surface area contributed by atoms with Gasteiger partial charge in [-0.25, -0.2) is 9.97 Å². The van der Waals surface area contributed by atoms with Gasteiger partial charge in [0.25, 0.3) is 0 Å². The zero-order valence-corrected chi connectivity index (χ0v) is 16.0. The van der Waals surface area contributed by atoms with Gasteiger partial charge in [-0.05, 0) is 30.3 Å². The van der Waals surface area contributed by atoms with Gasteiger partial charge < -0.3 is 20.0 Å². The van der Waals surface area contributed by atoms with Crippen LogP contribution in [0, 0.1) is 0 Å². The smallest absolute Gasteiger partial charge is 0.247 e. The third-order valence-corrected chi connectivity index (χ3v) is 4.60. The first-order valence-electron chi connectivity index (χ1n) is 9.20. The van der Waals surface area contributed by atoms with Gasteiger partial charge >= 0.3 is 0 Å². The van der Waals surface area contributed by atoms with Crippen molar-refractivity contribution in [2.75, 3.05) is 60.3 Å². The molecule has 1 aliphatic rings. The molecule has 0 atom stereocenters. The average Bonchev–Trinajstić information content (AvgIpc) is 2.75. The Balaban J connectivity index is 1.40. The minimum Gasteiger partial charge on any atom is -0.378 e. The van der Waals surface area contributed by atoms with Crippen LogP contribution in [0.3, 0.4) is 0 Å². The predicted molar refractivity (Wildman–Crippen MR) is 110 cm³/mol. The van der Waals surface area contributed by atoms with E-state index in [1.807, 2.05) is 32.3 Å². The second kappa shape index (κ2) is 8.03. The highest BCUT2D eigenvalue weighted by Gasteiger charge is 2.21. The van der Waals surface area contributed by atoms with Crippen LogP contribution in [0.2, 0.25) is 0 Å². The van der Waals surface area contributed by atoms with Gasteiger partial charge in [-0.3, -0.25) is 0 Å². The van der Waals surface area contributed by atoms with Crippen LogP contribution in [0.15, 0.2) is 48.9 Å². The van der Waals surface area contributed by atoms with Crippen molar-refractivity contribution >= 4 is 29.1 Å². The van der Waals surface area contributed by atoms with E-state index < -0.39 is 0 Å². The zero-order valence-electron chi connectivity index (χ0n) is 16.0. The van der Waals surface area contributed by atoms with Crippen LogP contribution >= 0.6 is 0 Å². The maximum atomic E-state index is 4.63. The molecule has 0 amide bonds. The van der Waals surface area contributed by atoms with Crippen molar-refractivity contribution < 1.29 is 0 Å². The number of benzene rings is 1. The lowest BCUT2D eigenvalue weighted by Crippen LogP contribution is -2.47. The Kier molecular flexibility index (Phi) is 5.14. The van der Waals surface area contributed by atoms with Crippen molar-refractivity contribution in [3.63, 3.8) is 0 Å². The number of piperazine rings is 1. The first kappa shape index (κ1) is 17.9. The van der Waals surface area contributed by atoms with Gasteiger partial charge in [0.1, 0.15) is 0 Å². The van der Waals surface area contributed by atoms with Crippen molar-refractivity contribution in [1.82, 2.24) is 25.1 Å². The highest BCUT2D eigenvalue weighted by atomic mass is 15.4. The lowest BCUT2D eigenvalue weighted by Gasteiger charge is -2.34. The van der Waals surface area contributed by atoms with Crippen molar-refractivity contribution in [1.29, 1.82) is 0 Å². The number of hydrogen-bond acceptors (Lipinski definition) is 9. The van der Waals surface area contributed by atoms with Gasteiger partial charge in [-0.2, -0.15) is 10.1 Å². The number of rotatable bonds is 5. The van der Waals surface area contributed by atoms with E-state index in [0.717, 1.165) is 43.5 Å². The molecule has 1 aromatic carbocycles. The second-order valence-corrected chi connectivity index (χ2v) is 6.73. The fourth-order valence-electron chi connectivity index (χ4n) is 3.04. The van der Waals surface area contributed by atoms with Gasteiger partial charge in [0, 0.05) is 64.0 Å². The third-order valence-electron chi connectivity index (χ3n) is 4.60. The molecular formula is C19H23N9. The molecule has 0 aliphatic carbocycles. The molecule has 0 spiro atoms. The first-order valence-corrected chi connectivity index (χ1v) is 9.20. The normalized spacial score (nSPS) is 14.1. The Labute approximate surface area is 164 Å². The molecule has 1 aliphatic heterocycles. The van der Waals surface area contributed by atoms with Gasteiger partial charge in [0.05, 0.1) is 6.20 Å². The summed E-state index contributed by atoms with van der Waals surface area (Å²) >= 11 is 0. The van der Waals surface area contributed by atoms with Crippen molar-refractivity contribution in [2.45, 2.75) is 0 Å². The van der Waals surface area contributed by atoms with Crippen LogP contribution in [0.4, 0.5) is 29.1 Å². The fourth-order valence-corrected chi connectivity index (χ4v) is 3.04. The first-order chi connectivity index (χ1) is 13.7. The summed E-state index contributed by atoms with van der Waals surface area (Å²) in [5, 5.41) is 11.6. The number of anilines is 5. The molecule has 3 heterocycles. The predicted octanol–water partition coefficient (Wildman–Crippen LogP) is 1.80. The molecule has 0 bridgehead atoms. The Morgan fingerprint density at radius 1 is 0.893 bits per heavy atom. The van der Waals surface area contributed by atoms with Crippen LogP contribution in [0.25, 0.3) is 0 Å². The molecular weight excluding hydrogens is 354 g/mol. The van der Waals surface area contributed by atoms with Crippen LogP contribution in [-0.2, 0) is 0 Å². The van der Waals surface area contributed by atoms with Crippen molar-refractivity contribution in [3.05, 3.63) is 48.9 Å². The van der Waals surface area contributed by atoms with Crippen LogP contribution in [0.5, 0.6) is 0 Å². The van der Waals surface area contributed by atoms with Crippen LogP contribution in [-0.4, -0.2) is 65.4 Å². The number of aromatic nitrogens is 5. The van der Waals surface area contributed by atoms with E-state index >= 15 is 0 Å². The Morgan fingerprint density at radius 2 is 1.54 bits per heavy atom. The Morgan fingerprint density at radius 3 is 2.18 bits per heavy atom. The summed E-state index contributed by atoms with van der Waals surface area (Å²) in [6.45, 7) is 3.22. The molecule has 28 heavy (non-hydrogen) atoms. The van der Waals surface area contributed by atoms with Gasteiger partial charge in [0.2, 0.25) is 11.9 Å². The lowest BCUT2D eigenvalue weighted by atomic mass is 10.2. The van der Waals surface area contributed by atoms with E-state index in [-0.39, 0.29) is 0 Å². The summed E-state index contributed by atoms with van der Waals surface area (Å²) in [5.74, 6) is 2.07.